The van der Waals surface area contributed by atoms with Crippen LogP contribution in [0.1, 0.15) is 50.3 Å². The molecule has 0 amide bonds. The molecule has 0 nitrogen and oxygen atoms in total. The smallest absolute Gasteiger partial charge is 0.130 e. The topological polar surface area (TPSA) is 0 Å². The van der Waals surface area contributed by atoms with Crippen molar-refractivity contribution < 1.29 is 4.39 Å². The Labute approximate surface area is 86.2 Å². The lowest BCUT2D eigenvalue weighted by atomic mass is 9.90. The maximum Gasteiger partial charge on any atom is 0.130 e. The number of alkyl halides is 1. The van der Waals surface area contributed by atoms with E-state index in [1.54, 1.807) is 13.8 Å². The zero-order valence-corrected chi connectivity index (χ0v) is 9.69. The largest absolute Gasteiger partial charge is 0.239 e. The number of halogens is 1. The summed E-state index contributed by atoms with van der Waals surface area (Å²) in [6.07, 6.45) is 0. The van der Waals surface area contributed by atoms with E-state index in [2.05, 4.69) is 19.9 Å². The first-order valence-electron chi connectivity index (χ1n) is 5.12. The van der Waals surface area contributed by atoms with Gasteiger partial charge in [-0.1, -0.05) is 32.0 Å². The van der Waals surface area contributed by atoms with E-state index < -0.39 is 5.67 Å². The molecule has 0 N–H and O–H groups in total. The molecule has 0 unspecified atom stereocenters. The van der Waals surface area contributed by atoms with Gasteiger partial charge in [0.2, 0.25) is 0 Å². The molecule has 1 heteroatoms. The molecule has 14 heavy (non-hydrogen) atoms. The van der Waals surface area contributed by atoms with Gasteiger partial charge in [-0.15, -0.1) is 0 Å². The molecule has 1 aromatic carbocycles. The van der Waals surface area contributed by atoms with E-state index in [1.165, 1.54) is 5.56 Å². The molecule has 0 heterocycles. The van der Waals surface area contributed by atoms with Crippen molar-refractivity contribution in [1.29, 1.82) is 0 Å². The van der Waals surface area contributed by atoms with E-state index >= 15 is 0 Å². The Balaban J connectivity index is 3.22. The predicted octanol–water partition coefficient (Wildman–Crippen LogP) is 4.32. The Hall–Kier alpha value is -0.850. The summed E-state index contributed by atoms with van der Waals surface area (Å²) in [6.45, 7) is 9.43. The number of hydrogen-bond donors (Lipinski definition) is 0. The van der Waals surface area contributed by atoms with Crippen molar-refractivity contribution in [3.63, 3.8) is 0 Å². The van der Waals surface area contributed by atoms with Gasteiger partial charge in [0, 0.05) is 0 Å². The van der Waals surface area contributed by atoms with Crippen LogP contribution in [0.5, 0.6) is 0 Å². The second-order valence-corrected chi connectivity index (χ2v) is 4.70. The standard InChI is InChI=1S/C13H19F/c1-9(2)11-7-6-10(3)12(8-11)13(4,5)14/h6-9H,1-5H3. The molecule has 0 radical (unpaired) electrons. The normalized spacial score (nSPS) is 12.2. The van der Waals surface area contributed by atoms with Gasteiger partial charge in [0.15, 0.2) is 0 Å². The van der Waals surface area contributed by atoms with Crippen molar-refractivity contribution in [2.24, 2.45) is 0 Å². The van der Waals surface area contributed by atoms with Crippen molar-refractivity contribution in [3.05, 3.63) is 34.9 Å². The first kappa shape index (κ1) is 11.2. The van der Waals surface area contributed by atoms with E-state index in [4.69, 9.17) is 0 Å². The molecule has 0 bridgehead atoms. The molecule has 0 spiro atoms. The lowest BCUT2D eigenvalue weighted by Gasteiger charge is -2.19. The SMILES string of the molecule is Cc1ccc(C(C)C)cc1C(C)(C)F. The first-order chi connectivity index (χ1) is 6.32. The predicted molar refractivity (Wildman–Crippen MR) is 59.4 cm³/mol. The third-order valence-electron chi connectivity index (χ3n) is 2.57. The highest BCUT2D eigenvalue weighted by Gasteiger charge is 2.21. The maximum atomic E-state index is 13.8. The summed E-state index contributed by atoms with van der Waals surface area (Å²) >= 11 is 0. The molecule has 0 aliphatic rings. The Bertz CT molecular complexity index is 318. The second-order valence-electron chi connectivity index (χ2n) is 4.70. The van der Waals surface area contributed by atoms with E-state index in [0.29, 0.717) is 5.92 Å². The Morgan fingerprint density at radius 2 is 1.79 bits per heavy atom. The number of benzene rings is 1. The van der Waals surface area contributed by atoms with Crippen molar-refractivity contribution in [2.45, 2.75) is 46.2 Å². The van der Waals surface area contributed by atoms with Crippen LogP contribution in [0.15, 0.2) is 18.2 Å². The van der Waals surface area contributed by atoms with Crippen LogP contribution in [0.25, 0.3) is 0 Å². The molecular formula is C13H19F. The molecule has 0 atom stereocenters. The molecule has 0 aliphatic carbocycles. The fraction of sp³-hybridized carbons (Fsp3) is 0.538. The summed E-state index contributed by atoms with van der Waals surface area (Å²) in [5.74, 6) is 0.455. The van der Waals surface area contributed by atoms with E-state index in [-0.39, 0.29) is 0 Å². The van der Waals surface area contributed by atoms with Crippen molar-refractivity contribution in [2.75, 3.05) is 0 Å². The monoisotopic (exact) mass is 194 g/mol. The van der Waals surface area contributed by atoms with Crippen molar-refractivity contribution in [1.82, 2.24) is 0 Å². The van der Waals surface area contributed by atoms with E-state index in [1.807, 2.05) is 19.1 Å². The minimum atomic E-state index is -1.24. The highest BCUT2D eigenvalue weighted by Crippen LogP contribution is 2.30. The molecule has 0 fully saturated rings. The maximum absolute atomic E-state index is 13.8. The van der Waals surface area contributed by atoms with Crippen LogP contribution < -0.4 is 0 Å². The van der Waals surface area contributed by atoms with Crippen LogP contribution in [0, 0.1) is 6.92 Å². The summed E-state index contributed by atoms with van der Waals surface area (Å²) in [7, 11) is 0. The fourth-order valence-electron chi connectivity index (χ4n) is 1.64. The molecule has 0 saturated carbocycles. The third-order valence-corrected chi connectivity index (χ3v) is 2.57. The van der Waals surface area contributed by atoms with Crippen molar-refractivity contribution >= 4 is 0 Å². The average Bonchev–Trinajstić information content (AvgIpc) is 2.02. The number of rotatable bonds is 2. The summed E-state index contributed by atoms with van der Waals surface area (Å²) in [6, 6.07) is 6.07. The van der Waals surface area contributed by atoms with Crippen molar-refractivity contribution in [3.8, 4) is 0 Å². The highest BCUT2D eigenvalue weighted by molar-refractivity contribution is 5.35. The summed E-state index contributed by atoms with van der Waals surface area (Å²) in [4.78, 5) is 0. The van der Waals surface area contributed by atoms with Crippen LogP contribution in [0.4, 0.5) is 4.39 Å². The van der Waals surface area contributed by atoms with Gasteiger partial charge < -0.3 is 0 Å². The lowest BCUT2D eigenvalue weighted by molar-refractivity contribution is 0.220. The minimum Gasteiger partial charge on any atom is -0.239 e. The Morgan fingerprint density at radius 3 is 2.21 bits per heavy atom. The zero-order chi connectivity index (χ0) is 10.9. The van der Waals surface area contributed by atoms with E-state index in [0.717, 1.165) is 11.1 Å². The van der Waals surface area contributed by atoms with Crippen LogP contribution in [0.3, 0.4) is 0 Å². The molecule has 0 aliphatic heterocycles. The summed E-state index contributed by atoms with van der Waals surface area (Å²) in [5.41, 5.74) is 1.80. The summed E-state index contributed by atoms with van der Waals surface area (Å²) < 4.78 is 13.8. The van der Waals surface area contributed by atoms with Gasteiger partial charge >= 0.3 is 0 Å². The fourth-order valence-corrected chi connectivity index (χ4v) is 1.64. The second kappa shape index (κ2) is 3.72. The number of aryl methyl sites for hydroxylation is 1. The molecular weight excluding hydrogens is 175 g/mol. The Kier molecular flexibility index (Phi) is 2.98. The van der Waals surface area contributed by atoms with Crippen LogP contribution >= 0.6 is 0 Å². The van der Waals surface area contributed by atoms with Gasteiger partial charge in [0.1, 0.15) is 5.67 Å². The van der Waals surface area contributed by atoms with Gasteiger partial charge in [0.25, 0.3) is 0 Å². The van der Waals surface area contributed by atoms with Crippen LogP contribution in [-0.4, -0.2) is 0 Å². The van der Waals surface area contributed by atoms with Gasteiger partial charge in [-0.05, 0) is 43.4 Å². The summed E-state index contributed by atoms with van der Waals surface area (Å²) in [5, 5.41) is 0. The zero-order valence-electron chi connectivity index (χ0n) is 9.69. The van der Waals surface area contributed by atoms with Gasteiger partial charge in [-0.3, -0.25) is 0 Å². The average molecular weight is 194 g/mol. The first-order valence-corrected chi connectivity index (χ1v) is 5.12. The molecule has 0 aromatic heterocycles. The molecule has 78 valence electrons. The molecule has 0 saturated heterocycles. The quantitative estimate of drug-likeness (QED) is 0.657. The minimum absolute atomic E-state index is 0.455. The van der Waals surface area contributed by atoms with Crippen LogP contribution in [-0.2, 0) is 5.67 Å². The third kappa shape index (κ3) is 2.34. The molecule has 1 aromatic rings. The lowest BCUT2D eigenvalue weighted by Crippen LogP contribution is -2.11. The van der Waals surface area contributed by atoms with Gasteiger partial charge in [0.05, 0.1) is 0 Å². The van der Waals surface area contributed by atoms with Crippen LogP contribution in [0.2, 0.25) is 0 Å². The highest BCUT2D eigenvalue weighted by atomic mass is 19.1. The van der Waals surface area contributed by atoms with Gasteiger partial charge in [-0.2, -0.15) is 0 Å². The Morgan fingerprint density at radius 1 is 1.21 bits per heavy atom. The van der Waals surface area contributed by atoms with E-state index in [9.17, 15) is 4.39 Å². The molecule has 1 rings (SSSR count). The van der Waals surface area contributed by atoms with Gasteiger partial charge in [-0.25, -0.2) is 4.39 Å². The number of hydrogen-bond acceptors (Lipinski definition) is 0.